The molecule has 4 rings (SSSR count). The van der Waals surface area contributed by atoms with Gasteiger partial charge in [0.2, 0.25) is 0 Å². The number of esters is 1. The monoisotopic (exact) mass is 439 g/mol. The summed E-state index contributed by atoms with van der Waals surface area (Å²) in [5.74, 6) is -3.01. The Bertz CT molecular complexity index is 1400. The molecule has 0 saturated heterocycles. The molecule has 162 valence electrons. The van der Waals surface area contributed by atoms with E-state index < -0.39 is 34.5 Å². The molecule has 0 radical (unpaired) electrons. The maximum Gasteiger partial charge on any atom is 0.360 e. The Kier molecular flexibility index (Phi) is 5.63. The molecule has 0 bridgehead atoms. The Balaban J connectivity index is 2.04. The maximum atomic E-state index is 14.5. The average Bonchev–Trinajstić information content (AvgIpc) is 2.74. The lowest BCUT2D eigenvalue weighted by atomic mass is 10.2. The third-order valence-electron chi connectivity index (χ3n) is 4.57. The number of nitrogens with zero attached hydrogens (tertiary/aromatic N) is 2. The average molecular weight is 439 g/mol. The lowest BCUT2D eigenvalue weighted by Gasteiger charge is -2.18. The van der Waals surface area contributed by atoms with Crippen LogP contribution in [-0.4, -0.2) is 22.1 Å². The molecule has 0 aliphatic heterocycles. The molecule has 32 heavy (non-hydrogen) atoms. The van der Waals surface area contributed by atoms with E-state index in [0.29, 0.717) is 5.69 Å². The Hall–Kier alpha value is -4.14. The van der Waals surface area contributed by atoms with Crippen LogP contribution in [0.1, 0.15) is 17.4 Å². The second kappa shape index (κ2) is 8.54. The van der Waals surface area contributed by atoms with Gasteiger partial charge in [-0.3, -0.25) is 9.36 Å². The van der Waals surface area contributed by atoms with Crippen molar-refractivity contribution in [1.82, 2.24) is 9.55 Å². The second-order valence-electron chi connectivity index (χ2n) is 6.75. The lowest BCUT2D eigenvalue weighted by molar-refractivity contribution is 0.0514. The van der Waals surface area contributed by atoms with Crippen molar-refractivity contribution in [2.45, 2.75) is 6.92 Å². The highest BCUT2D eigenvalue weighted by atomic mass is 19.1. The first-order valence-corrected chi connectivity index (χ1v) is 9.59. The van der Waals surface area contributed by atoms with Crippen LogP contribution in [0.15, 0.2) is 65.5 Å². The van der Waals surface area contributed by atoms with Gasteiger partial charge in [0.15, 0.2) is 22.6 Å². The fraction of sp³-hybridized carbons (Fsp3) is 0.0870. The van der Waals surface area contributed by atoms with Crippen molar-refractivity contribution >= 4 is 28.5 Å². The molecule has 0 saturated carbocycles. The van der Waals surface area contributed by atoms with E-state index in [4.69, 9.17) is 4.74 Å². The second-order valence-corrected chi connectivity index (χ2v) is 6.75. The molecule has 0 spiro atoms. The maximum absolute atomic E-state index is 14.5. The Labute approximate surface area is 179 Å². The zero-order valence-corrected chi connectivity index (χ0v) is 16.7. The number of halogens is 3. The first kappa shape index (κ1) is 21.1. The van der Waals surface area contributed by atoms with Gasteiger partial charge in [0.1, 0.15) is 17.5 Å². The number of hydrogen-bond donors (Lipinski definition) is 1. The zero-order chi connectivity index (χ0) is 22.8. The number of carbonyl (C=O) groups excluding carboxylic acids is 1. The quantitative estimate of drug-likeness (QED) is 0.456. The van der Waals surface area contributed by atoms with Crippen LogP contribution < -0.4 is 10.7 Å². The third-order valence-corrected chi connectivity index (χ3v) is 4.57. The van der Waals surface area contributed by atoms with Crippen LogP contribution in [0.2, 0.25) is 0 Å². The molecule has 0 fully saturated rings. The van der Waals surface area contributed by atoms with Gasteiger partial charge in [-0.2, -0.15) is 0 Å². The fourth-order valence-corrected chi connectivity index (χ4v) is 3.24. The predicted octanol–water partition coefficient (Wildman–Crippen LogP) is 4.72. The molecule has 2 aromatic heterocycles. The van der Waals surface area contributed by atoms with Gasteiger partial charge in [-0.1, -0.05) is 12.1 Å². The molecule has 0 amide bonds. The summed E-state index contributed by atoms with van der Waals surface area (Å²) in [6.45, 7) is 1.55. The molecule has 0 aliphatic carbocycles. The van der Waals surface area contributed by atoms with Crippen molar-refractivity contribution in [3.05, 3.63) is 94.0 Å². The van der Waals surface area contributed by atoms with Crippen LogP contribution in [-0.2, 0) is 4.74 Å². The lowest BCUT2D eigenvalue weighted by Crippen LogP contribution is -2.17. The summed E-state index contributed by atoms with van der Waals surface area (Å²) < 4.78 is 48.4. The number of hydrogen-bond acceptors (Lipinski definition) is 5. The third kappa shape index (κ3) is 4.04. The predicted molar refractivity (Wildman–Crippen MR) is 113 cm³/mol. The fourth-order valence-electron chi connectivity index (χ4n) is 3.24. The minimum Gasteiger partial charge on any atom is -0.461 e. The first-order valence-electron chi connectivity index (χ1n) is 9.59. The van der Waals surface area contributed by atoms with Gasteiger partial charge in [0.25, 0.3) is 0 Å². The van der Waals surface area contributed by atoms with Crippen molar-refractivity contribution in [2.24, 2.45) is 0 Å². The summed E-state index contributed by atoms with van der Waals surface area (Å²) in [5, 5.41) is 2.77. The Morgan fingerprint density at radius 2 is 1.75 bits per heavy atom. The van der Waals surface area contributed by atoms with Crippen LogP contribution in [0.4, 0.5) is 24.7 Å². The number of anilines is 2. The molecule has 6 nitrogen and oxygen atoms in total. The number of benzene rings is 2. The molecule has 0 unspecified atom stereocenters. The number of carbonyl (C=O) groups is 1. The number of aromatic nitrogens is 2. The first-order chi connectivity index (χ1) is 15.4. The minimum absolute atomic E-state index is 0.00411. The summed E-state index contributed by atoms with van der Waals surface area (Å²) in [4.78, 5) is 29.0. The van der Waals surface area contributed by atoms with E-state index in [1.54, 1.807) is 19.1 Å². The largest absolute Gasteiger partial charge is 0.461 e. The van der Waals surface area contributed by atoms with E-state index in [0.717, 1.165) is 12.1 Å². The summed E-state index contributed by atoms with van der Waals surface area (Å²) in [6.07, 6.45) is 0. The molecule has 4 aromatic rings. The molecule has 2 heterocycles. The van der Waals surface area contributed by atoms with E-state index in [9.17, 15) is 22.8 Å². The Morgan fingerprint density at radius 1 is 1.03 bits per heavy atom. The SMILES string of the molecule is CCOC(=O)c1nc2c(cc1F)c(=O)cc(Nc1cccc(F)c1)n2-c1cccc(F)c1. The normalized spacial score (nSPS) is 10.9. The highest BCUT2D eigenvalue weighted by Gasteiger charge is 2.21. The highest BCUT2D eigenvalue weighted by molar-refractivity contribution is 5.91. The smallest absolute Gasteiger partial charge is 0.360 e. The van der Waals surface area contributed by atoms with Crippen LogP contribution in [0.5, 0.6) is 0 Å². The van der Waals surface area contributed by atoms with Gasteiger partial charge in [-0.15, -0.1) is 0 Å². The molecule has 1 N–H and O–H groups in total. The van der Waals surface area contributed by atoms with Crippen molar-refractivity contribution in [1.29, 1.82) is 0 Å². The van der Waals surface area contributed by atoms with Crippen molar-refractivity contribution in [2.75, 3.05) is 11.9 Å². The number of nitrogens with one attached hydrogen (secondary N) is 1. The number of pyridine rings is 2. The van der Waals surface area contributed by atoms with Gasteiger partial charge in [-0.05, 0) is 49.4 Å². The van der Waals surface area contributed by atoms with Gasteiger partial charge in [0, 0.05) is 11.8 Å². The molecule has 9 heteroatoms. The summed E-state index contributed by atoms with van der Waals surface area (Å²) >= 11 is 0. The van der Waals surface area contributed by atoms with Crippen LogP contribution in [0.3, 0.4) is 0 Å². The van der Waals surface area contributed by atoms with E-state index in [2.05, 4.69) is 10.3 Å². The zero-order valence-electron chi connectivity index (χ0n) is 16.7. The molecular formula is C23H16F3N3O3. The van der Waals surface area contributed by atoms with Crippen LogP contribution in [0, 0.1) is 17.5 Å². The molecule has 2 aromatic carbocycles. The molecule has 0 atom stereocenters. The summed E-state index contributed by atoms with van der Waals surface area (Å²) in [7, 11) is 0. The van der Waals surface area contributed by atoms with E-state index >= 15 is 0 Å². The molecular weight excluding hydrogens is 423 g/mol. The van der Waals surface area contributed by atoms with E-state index in [1.807, 2.05) is 0 Å². The van der Waals surface area contributed by atoms with Gasteiger partial charge >= 0.3 is 5.97 Å². The highest BCUT2D eigenvalue weighted by Crippen LogP contribution is 2.26. The van der Waals surface area contributed by atoms with Crippen molar-refractivity contribution < 1.29 is 22.7 Å². The van der Waals surface area contributed by atoms with Crippen LogP contribution in [0.25, 0.3) is 16.7 Å². The van der Waals surface area contributed by atoms with E-state index in [-0.39, 0.29) is 29.1 Å². The number of rotatable bonds is 5. The van der Waals surface area contributed by atoms with E-state index in [1.165, 1.54) is 41.0 Å². The summed E-state index contributed by atoms with van der Waals surface area (Å²) in [5.41, 5.74) is -0.781. The topological polar surface area (TPSA) is 73.2 Å². The summed E-state index contributed by atoms with van der Waals surface area (Å²) in [6, 6.07) is 12.9. The van der Waals surface area contributed by atoms with Gasteiger partial charge in [-0.25, -0.2) is 22.9 Å². The van der Waals surface area contributed by atoms with Crippen molar-refractivity contribution in [3.8, 4) is 5.69 Å². The van der Waals surface area contributed by atoms with Crippen LogP contribution >= 0.6 is 0 Å². The molecule has 0 aliphatic rings. The number of fused-ring (bicyclic) bond motifs is 1. The van der Waals surface area contributed by atoms with Gasteiger partial charge < -0.3 is 10.1 Å². The van der Waals surface area contributed by atoms with Crippen molar-refractivity contribution in [3.63, 3.8) is 0 Å². The standard InChI is InChI=1S/C23H16F3N3O3/c1-2-32-23(31)21-18(26)11-17-19(30)12-20(27-15-7-3-5-13(24)9-15)29(22(17)28-21)16-8-4-6-14(25)10-16/h3-12,27H,2H2,1H3. The minimum atomic E-state index is -1.02. The Morgan fingerprint density at radius 3 is 2.44 bits per heavy atom. The number of ether oxygens (including phenoxy) is 1. The van der Waals surface area contributed by atoms with Gasteiger partial charge in [0.05, 0.1) is 17.7 Å².